The van der Waals surface area contributed by atoms with Crippen LogP contribution in [0.3, 0.4) is 0 Å². The van der Waals surface area contributed by atoms with Gasteiger partial charge in [0, 0.05) is 25.7 Å². The van der Waals surface area contributed by atoms with Gasteiger partial charge in [0.05, 0.1) is 10.8 Å². The van der Waals surface area contributed by atoms with Crippen molar-refractivity contribution in [2.45, 2.75) is 30.2 Å². The third-order valence-corrected chi connectivity index (χ3v) is 5.84. The highest BCUT2D eigenvalue weighted by Gasteiger charge is 2.30. The SMILES string of the molecule is CN(C)S(=O)(=O)c1ccc(C(=O)N[C@@H]2CC[C@H](C(=O)O)C2)cc1. The van der Waals surface area contributed by atoms with Crippen LogP contribution < -0.4 is 5.32 Å². The molecule has 0 heterocycles. The van der Waals surface area contributed by atoms with E-state index in [0.29, 0.717) is 24.8 Å². The van der Waals surface area contributed by atoms with E-state index >= 15 is 0 Å². The number of amides is 1. The molecule has 2 atom stereocenters. The largest absolute Gasteiger partial charge is 0.481 e. The zero-order valence-electron chi connectivity index (χ0n) is 13.0. The summed E-state index contributed by atoms with van der Waals surface area (Å²) < 4.78 is 25.0. The van der Waals surface area contributed by atoms with Gasteiger partial charge in [-0.15, -0.1) is 0 Å². The quantitative estimate of drug-likeness (QED) is 0.829. The fourth-order valence-electron chi connectivity index (χ4n) is 2.59. The van der Waals surface area contributed by atoms with Crippen molar-refractivity contribution in [3.63, 3.8) is 0 Å². The lowest BCUT2D eigenvalue weighted by Gasteiger charge is -2.14. The Kier molecular flexibility index (Phi) is 5.06. The monoisotopic (exact) mass is 340 g/mol. The van der Waals surface area contributed by atoms with Crippen molar-refractivity contribution in [2.75, 3.05) is 14.1 Å². The van der Waals surface area contributed by atoms with Crippen LogP contribution in [0.2, 0.25) is 0 Å². The molecule has 2 N–H and O–H groups in total. The van der Waals surface area contributed by atoms with Crippen LogP contribution >= 0.6 is 0 Å². The molecule has 0 aromatic heterocycles. The predicted molar refractivity (Wildman–Crippen MR) is 83.5 cm³/mol. The Morgan fingerprint density at radius 1 is 1.17 bits per heavy atom. The summed E-state index contributed by atoms with van der Waals surface area (Å²) in [5.74, 6) is -1.57. The maximum absolute atomic E-state index is 12.2. The van der Waals surface area contributed by atoms with Gasteiger partial charge < -0.3 is 10.4 Å². The molecule has 1 aromatic rings. The van der Waals surface area contributed by atoms with Gasteiger partial charge in [0.25, 0.3) is 5.91 Å². The molecule has 7 nitrogen and oxygen atoms in total. The number of carboxylic acids is 1. The lowest BCUT2D eigenvalue weighted by Crippen LogP contribution is -2.33. The number of hydrogen-bond acceptors (Lipinski definition) is 4. The third-order valence-electron chi connectivity index (χ3n) is 4.01. The maximum atomic E-state index is 12.2. The molecule has 1 aliphatic rings. The fourth-order valence-corrected chi connectivity index (χ4v) is 3.50. The molecule has 0 radical (unpaired) electrons. The second kappa shape index (κ2) is 6.67. The molecule has 1 fully saturated rings. The van der Waals surface area contributed by atoms with Crippen LogP contribution in [0.1, 0.15) is 29.6 Å². The van der Waals surface area contributed by atoms with Crippen LogP contribution in [-0.2, 0) is 14.8 Å². The fraction of sp³-hybridized carbons (Fsp3) is 0.467. The van der Waals surface area contributed by atoms with E-state index in [9.17, 15) is 18.0 Å². The first-order chi connectivity index (χ1) is 10.7. The average Bonchev–Trinajstić information content (AvgIpc) is 2.96. The normalized spacial score (nSPS) is 21.3. The van der Waals surface area contributed by atoms with Gasteiger partial charge in [0.2, 0.25) is 10.0 Å². The number of sulfonamides is 1. The van der Waals surface area contributed by atoms with E-state index in [1.165, 1.54) is 38.4 Å². The molecule has 1 aromatic carbocycles. The molecular formula is C15H20N2O5S. The van der Waals surface area contributed by atoms with E-state index in [2.05, 4.69) is 5.32 Å². The van der Waals surface area contributed by atoms with Crippen molar-refractivity contribution in [1.29, 1.82) is 0 Å². The van der Waals surface area contributed by atoms with Crippen LogP contribution in [0.5, 0.6) is 0 Å². The molecule has 0 saturated heterocycles. The molecular weight excluding hydrogens is 320 g/mol. The Labute approximate surface area is 135 Å². The first kappa shape index (κ1) is 17.4. The van der Waals surface area contributed by atoms with E-state index < -0.39 is 21.9 Å². The second-order valence-electron chi connectivity index (χ2n) is 5.83. The number of rotatable bonds is 5. The Bertz CT molecular complexity index is 697. The summed E-state index contributed by atoms with van der Waals surface area (Å²) in [5.41, 5.74) is 0.349. The number of nitrogens with zero attached hydrogens (tertiary/aromatic N) is 1. The van der Waals surface area contributed by atoms with Crippen molar-refractivity contribution in [2.24, 2.45) is 5.92 Å². The van der Waals surface area contributed by atoms with E-state index in [4.69, 9.17) is 5.11 Å². The van der Waals surface area contributed by atoms with Gasteiger partial charge in [0.15, 0.2) is 0 Å². The summed E-state index contributed by atoms with van der Waals surface area (Å²) >= 11 is 0. The number of carbonyl (C=O) groups is 2. The van der Waals surface area contributed by atoms with Crippen molar-refractivity contribution >= 4 is 21.9 Å². The topological polar surface area (TPSA) is 104 Å². The number of nitrogens with one attached hydrogen (secondary N) is 1. The lowest BCUT2D eigenvalue weighted by atomic mass is 10.1. The zero-order chi connectivity index (χ0) is 17.2. The van der Waals surface area contributed by atoms with Gasteiger partial charge in [0.1, 0.15) is 0 Å². The molecule has 23 heavy (non-hydrogen) atoms. The first-order valence-corrected chi connectivity index (χ1v) is 8.72. The molecule has 1 aliphatic carbocycles. The number of carboxylic acid groups (broad SMARTS) is 1. The van der Waals surface area contributed by atoms with Crippen LogP contribution in [0, 0.1) is 5.92 Å². The summed E-state index contributed by atoms with van der Waals surface area (Å²) in [6.07, 6.45) is 1.62. The predicted octanol–water partition coefficient (Wildman–Crippen LogP) is 0.920. The molecule has 0 bridgehead atoms. The van der Waals surface area contributed by atoms with Crippen molar-refractivity contribution in [3.05, 3.63) is 29.8 Å². The van der Waals surface area contributed by atoms with Gasteiger partial charge in [-0.05, 0) is 43.5 Å². The second-order valence-corrected chi connectivity index (χ2v) is 7.98. The van der Waals surface area contributed by atoms with Gasteiger partial charge >= 0.3 is 5.97 Å². The summed E-state index contributed by atoms with van der Waals surface area (Å²) in [5, 5.41) is 11.8. The van der Waals surface area contributed by atoms with E-state index in [1.54, 1.807) is 0 Å². The van der Waals surface area contributed by atoms with Crippen LogP contribution in [0.25, 0.3) is 0 Å². The number of benzene rings is 1. The molecule has 1 amide bonds. The smallest absolute Gasteiger partial charge is 0.306 e. The van der Waals surface area contributed by atoms with Gasteiger partial charge in [-0.25, -0.2) is 12.7 Å². The highest BCUT2D eigenvalue weighted by atomic mass is 32.2. The summed E-state index contributed by atoms with van der Waals surface area (Å²) in [6.45, 7) is 0. The van der Waals surface area contributed by atoms with E-state index in [0.717, 1.165) is 4.31 Å². The Hall–Kier alpha value is -1.93. The highest BCUT2D eigenvalue weighted by Crippen LogP contribution is 2.26. The zero-order valence-corrected chi connectivity index (χ0v) is 13.8. The summed E-state index contributed by atoms with van der Waals surface area (Å²) in [7, 11) is -0.643. The Morgan fingerprint density at radius 2 is 1.78 bits per heavy atom. The molecule has 0 aliphatic heterocycles. The Morgan fingerprint density at radius 3 is 2.26 bits per heavy atom. The molecule has 126 valence electrons. The molecule has 0 unspecified atom stereocenters. The molecule has 8 heteroatoms. The van der Waals surface area contributed by atoms with Gasteiger partial charge in [-0.2, -0.15) is 0 Å². The Balaban J connectivity index is 2.03. The van der Waals surface area contributed by atoms with E-state index in [1.807, 2.05) is 0 Å². The van der Waals surface area contributed by atoms with Gasteiger partial charge in [-0.3, -0.25) is 9.59 Å². The minimum atomic E-state index is -3.52. The highest BCUT2D eigenvalue weighted by molar-refractivity contribution is 7.89. The molecule has 2 rings (SSSR count). The molecule has 0 spiro atoms. The maximum Gasteiger partial charge on any atom is 0.306 e. The van der Waals surface area contributed by atoms with Crippen LogP contribution in [0.4, 0.5) is 0 Å². The summed E-state index contributed by atoms with van der Waals surface area (Å²) in [6, 6.07) is 5.52. The first-order valence-electron chi connectivity index (χ1n) is 7.28. The minimum Gasteiger partial charge on any atom is -0.481 e. The van der Waals surface area contributed by atoms with Crippen molar-refractivity contribution in [1.82, 2.24) is 9.62 Å². The summed E-state index contributed by atoms with van der Waals surface area (Å²) in [4.78, 5) is 23.2. The van der Waals surface area contributed by atoms with E-state index in [-0.39, 0.29) is 16.8 Å². The number of carbonyl (C=O) groups excluding carboxylic acids is 1. The van der Waals surface area contributed by atoms with Crippen molar-refractivity contribution < 1.29 is 23.1 Å². The standard InChI is InChI=1S/C15H20N2O5S/c1-17(2)23(21,22)13-7-4-10(5-8-13)14(18)16-12-6-3-11(9-12)15(19)20/h4-5,7-8,11-12H,3,6,9H2,1-2H3,(H,16,18)(H,19,20)/t11-,12+/m0/s1. The van der Waals surface area contributed by atoms with Crippen molar-refractivity contribution in [3.8, 4) is 0 Å². The third kappa shape index (κ3) is 3.89. The van der Waals surface area contributed by atoms with Crippen LogP contribution in [0.15, 0.2) is 29.2 Å². The minimum absolute atomic E-state index is 0.117. The average molecular weight is 340 g/mol. The molecule has 1 saturated carbocycles. The number of hydrogen-bond donors (Lipinski definition) is 2. The van der Waals surface area contributed by atoms with Crippen LogP contribution in [-0.4, -0.2) is 49.8 Å². The lowest BCUT2D eigenvalue weighted by molar-refractivity contribution is -0.141. The van der Waals surface area contributed by atoms with Gasteiger partial charge in [-0.1, -0.05) is 0 Å². The number of aliphatic carboxylic acids is 1.